The molecule has 0 aliphatic carbocycles. The van der Waals surface area contributed by atoms with E-state index in [1.54, 1.807) is 0 Å². The maximum atomic E-state index is 10.0. The second-order valence-corrected chi connectivity index (χ2v) is 35.4. The molecule has 0 fully saturated rings. The number of hydrogen-bond acceptors (Lipinski definition) is 6. The summed E-state index contributed by atoms with van der Waals surface area (Å²) in [6.07, 6.45) is 0. The number of benzene rings is 19. The smallest absolute Gasteiger partial charge is 0.188 e. The van der Waals surface area contributed by atoms with Crippen molar-refractivity contribution in [1.82, 2.24) is 41.5 Å². The zero-order chi connectivity index (χ0) is 96.9. The molecule has 0 atom stereocenters. The van der Waals surface area contributed by atoms with E-state index in [1.807, 2.05) is 206 Å². The fourth-order valence-electron chi connectivity index (χ4n) is 21.5. The minimum Gasteiger partial charge on any atom is -0.309 e. The van der Waals surface area contributed by atoms with Crippen LogP contribution in [0.3, 0.4) is 0 Å². The van der Waals surface area contributed by atoms with E-state index in [1.165, 1.54) is 32.3 Å². The Labute approximate surface area is 822 Å². The molecule has 17 nitrogen and oxygen atoms in total. The Balaban J connectivity index is 0.000000101. The molecule has 0 aliphatic heterocycles. The van der Waals surface area contributed by atoms with Crippen LogP contribution in [0.4, 0.5) is 17.1 Å². The molecule has 664 valence electrons. The maximum absolute atomic E-state index is 10.0. The van der Waals surface area contributed by atoms with Crippen LogP contribution >= 0.6 is 0 Å². The summed E-state index contributed by atoms with van der Waals surface area (Å²) in [7, 11) is 0. The van der Waals surface area contributed by atoms with Crippen LogP contribution in [-0.4, -0.2) is 41.5 Å². The van der Waals surface area contributed by atoms with Gasteiger partial charge in [-0.25, -0.2) is 19.5 Å². The van der Waals surface area contributed by atoms with E-state index < -0.39 is 0 Å². The van der Waals surface area contributed by atoms with Crippen molar-refractivity contribution in [2.24, 2.45) is 0 Å². The highest BCUT2D eigenvalue weighted by atomic mass is 15.1. The Hall–Kier alpha value is -21.3. The highest BCUT2D eigenvalue weighted by Gasteiger charge is 2.25. The average molecular weight is 1840 g/mol. The zero-order valence-electron chi connectivity index (χ0n) is 76.6. The molecule has 0 N–H and O–H groups in total. The molecule has 0 radical (unpaired) electrons. The second kappa shape index (κ2) is 34.5. The van der Waals surface area contributed by atoms with E-state index in [-0.39, 0.29) is 0 Å². The van der Waals surface area contributed by atoms with Crippen LogP contribution in [0.5, 0.6) is 0 Å². The molecule has 9 heterocycles. The van der Waals surface area contributed by atoms with Gasteiger partial charge in [-0.15, -0.1) is 0 Å². The third-order valence-electron chi connectivity index (χ3n) is 27.5. The average Bonchev–Trinajstić information content (AvgIpc) is 1.59. The molecule has 0 bridgehead atoms. The van der Waals surface area contributed by atoms with E-state index >= 15 is 0 Å². The molecule has 9 aromatic heterocycles. The number of para-hydroxylation sites is 11. The molecule has 0 amide bonds. The van der Waals surface area contributed by atoms with Crippen LogP contribution in [0, 0.1) is 76.4 Å². The van der Waals surface area contributed by atoms with Crippen LogP contribution in [0.1, 0.15) is 27.8 Å². The lowest BCUT2D eigenvalue weighted by molar-refractivity contribution is 1.01. The topological polar surface area (TPSA) is 184 Å². The summed E-state index contributed by atoms with van der Waals surface area (Å²) in [4.78, 5) is 16.0. The predicted molar refractivity (Wildman–Crippen MR) is 581 cm³/mol. The Bertz CT molecular complexity index is 10100. The first-order chi connectivity index (χ1) is 71.1. The van der Waals surface area contributed by atoms with Crippen molar-refractivity contribution in [3.05, 3.63) is 493 Å². The lowest BCUT2D eigenvalue weighted by atomic mass is 10.1. The van der Waals surface area contributed by atoms with Gasteiger partial charge in [-0.2, -0.15) is 26.3 Å². The molecule has 28 aromatic rings. The summed E-state index contributed by atoms with van der Waals surface area (Å²) in [5.74, 6) is 1.60. The molecule has 17 heteroatoms. The number of nitrogens with zero attached hydrogens (tertiary/aromatic N) is 17. The SMILES string of the molecule is N#Cc1cc(-n2c3ccccc3c3ccccc32)cc(-n2c3ccccc3c3ccccc32)c1.[C-]#[N+]c1ccc2c(c1)c1ccccc1n2-c1cc(C#N)cc(-n2c3ccccc3c3cc(C#N)ccc32)c1.[C-]#[N+]c1ccc2c(c1)c1ccccc1n2-c1cc(C#N)cc(-n2c3ccccc3c3ccccc32)c1.[C-]#[N+]c1ccc2c(c1)c1ccccc1n2-c1cccc(-n2c3ccccc3c3cc(C#N)ccc32)n1. The summed E-state index contributed by atoms with van der Waals surface area (Å²) in [5.41, 5.74) is 27.2. The molecule has 19 aromatic carbocycles. The Morgan fingerprint density at radius 2 is 0.333 bits per heavy atom. The van der Waals surface area contributed by atoms with Gasteiger partial charge >= 0.3 is 0 Å². The van der Waals surface area contributed by atoms with Crippen molar-refractivity contribution in [3.63, 3.8) is 0 Å². The van der Waals surface area contributed by atoms with Gasteiger partial charge in [0, 0.05) is 104 Å². The minimum atomic E-state index is 0.542. The van der Waals surface area contributed by atoms with Crippen LogP contribution in [0.25, 0.3) is 235 Å². The third-order valence-corrected chi connectivity index (χ3v) is 27.5. The summed E-state index contributed by atoms with van der Waals surface area (Å²) < 4.78 is 17.6. The fourth-order valence-corrected chi connectivity index (χ4v) is 21.5. The maximum Gasteiger partial charge on any atom is 0.188 e. The van der Waals surface area contributed by atoms with Crippen molar-refractivity contribution in [3.8, 4) is 76.1 Å². The lowest BCUT2D eigenvalue weighted by Crippen LogP contribution is -2.03. The van der Waals surface area contributed by atoms with Crippen LogP contribution in [0.15, 0.2) is 431 Å². The molecule has 0 saturated carbocycles. The monoisotopic (exact) mass is 1830 g/mol. The summed E-state index contributed by atoms with van der Waals surface area (Å²) >= 11 is 0. The first-order valence-electron chi connectivity index (χ1n) is 46.8. The minimum absolute atomic E-state index is 0.542. The molecule has 0 spiro atoms. The van der Waals surface area contributed by atoms with Gasteiger partial charge in [0.1, 0.15) is 11.6 Å². The van der Waals surface area contributed by atoms with Gasteiger partial charge in [0.2, 0.25) is 0 Å². The Morgan fingerprint density at radius 1 is 0.160 bits per heavy atom. The quantitative estimate of drug-likeness (QED) is 0.136. The van der Waals surface area contributed by atoms with E-state index in [0.717, 1.165) is 188 Å². The third kappa shape index (κ3) is 13.7. The Kier molecular flexibility index (Phi) is 20.2. The Morgan fingerprint density at radius 3 is 0.542 bits per heavy atom. The highest BCUT2D eigenvalue weighted by molar-refractivity contribution is 6.17. The molecule has 28 rings (SSSR count). The zero-order valence-corrected chi connectivity index (χ0v) is 76.6. The number of hydrogen-bond donors (Lipinski definition) is 0. The standard InChI is InChI=1S/C33H17N5.C32H18N4.C31H17N5.C31H19N3/c1-36-23-11-13-33-29(17-23)27-7-3-5-9-31(27)38(33)25-15-22(20-35)14-24(18-25)37-30-8-4-2-6-26(30)28-16-21(19-34)10-12-32(28)37;1-34-22-14-15-32-28(18-22)27-10-4-7-13-31(27)36(32)24-17-21(20-33)16-23(19-24)35-29-11-5-2-8-25(29)26-9-3-6-12-30(26)35;1-33-21-14-16-29-25(18-21)23-8-3-5-10-27(23)36(29)31-12-6-11-30(34-31)35-26-9-4-2-7-22(26)24-17-20(19-32)13-15-28(24)35;32-20-21-17-22(33-28-13-5-1-9-24(28)25-10-2-6-14-29(25)33)19-23(18-21)34-30-15-7-3-11-26(30)27-12-4-8-16-31(27)34/h2-18H;2-19H;2-18H;1-19H. The number of fused-ring (bicyclic) bond motifs is 24. The highest BCUT2D eigenvalue weighted by Crippen LogP contribution is 2.45. The van der Waals surface area contributed by atoms with Gasteiger partial charge in [0.05, 0.1) is 166 Å². The normalized spacial score (nSPS) is 11.3. The van der Waals surface area contributed by atoms with Crippen molar-refractivity contribution in [2.45, 2.75) is 0 Å². The van der Waals surface area contributed by atoms with Crippen LogP contribution < -0.4 is 0 Å². The molecule has 0 unspecified atom stereocenters. The molecule has 144 heavy (non-hydrogen) atoms. The van der Waals surface area contributed by atoms with Gasteiger partial charge in [-0.1, -0.05) is 224 Å². The first kappa shape index (κ1) is 84.4. The van der Waals surface area contributed by atoms with Gasteiger partial charge in [-0.05, 0) is 222 Å². The van der Waals surface area contributed by atoms with Crippen molar-refractivity contribution in [1.29, 1.82) is 26.3 Å². The molecular weight excluding hydrogens is 1760 g/mol. The fraction of sp³-hybridized carbons (Fsp3) is 0. The number of rotatable bonds is 8. The summed E-state index contributed by atoms with van der Waals surface area (Å²) in [6.45, 7) is 22.4. The number of nitriles is 5. The van der Waals surface area contributed by atoms with Gasteiger partial charge in [0.25, 0.3) is 0 Å². The van der Waals surface area contributed by atoms with Crippen molar-refractivity contribution < 1.29 is 0 Å². The van der Waals surface area contributed by atoms with Gasteiger partial charge < -0.3 is 27.4 Å². The largest absolute Gasteiger partial charge is 0.309 e. The predicted octanol–water partition coefficient (Wildman–Crippen LogP) is 31.9. The number of aromatic nitrogens is 9. The van der Waals surface area contributed by atoms with E-state index in [0.29, 0.717) is 44.9 Å². The molecular formula is C127H71N17. The molecule has 0 aliphatic rings. The van der Waals surface area contributed by atoms with Gasteiger partial charge in [-0.3, -0.25) is 9.13 Å². The summed E-state index contributed by atoms with van der Waals surface area (Å²) in [5, 5.41) is 66.6. The van der Waals surface area contributed by atoms with Crippen LogP contribution in [-0.2, 0) is 0 Å². The van der Waals surface area contributed by atoms with E-state index in [4.69, 9.17) is 24.7 Å². The van der Waals surface area contributed by atoms with E-state index in [2.05, 4.69) is 306 Å². The number of pyridine rings is 1. The second-order valence-electron chi connectivity index (χ2n) is 35.4. The lowest BCUT2D eigenvalue weighted by Gasteiger charge is -2.14. The summed E-state index contributed by atoms with van der Waals surface area (Å²) in [6, 6.07) is 156. The molecule has 0 saturated heterocycles. The van der Waals surface area contributed by atoms with Crippen LogP contribution in [0.2, 0.25) is 0 Å². The van der Waals surface area contributed by atoms with Crippen molar-refractivity contribution >= 4 is 192 Å². The first-order valence-corrected chi connectivity index (χ1v) is 46.8. The van der Waals surface area contributed by atoms with Crippen molar-refractivity contribution in [2.75, 3.05) is 0 Å². The van der Waals surface area contributed by atoms with E-state index in [9.17, 15) is 26.3 Å². The van der Waals surface area contributed by atoms with Gasteiger partial charge in [0.15, 0.2) is 17.1 Å².